The molecule has 3 aliphatic rings. The molecule has 5 aromatic carbocycles. The summed E-state index contributed by atoms with van der Waals surface area (Å²) in [6, 6.07) is 54.2. The highest BCUT2D eigenvalue weighted by molar-refractivity contribution is 7.07. The van der Waals surface area contributed by atoms with E-state index >= 15 is 0 Å². The Morgan fingerprint density at radius 2 is 0.708 bits per heavy atom. The minimum Gasteiger partial charge on any atom is -0.317 e. The van der Waals surface area contributed by atoms with Gasteiger partial charge >= 0.3 is 0 Å². The van der Waals surface area contributed by atoms with Crippen LogP contribution in [0.15, 0.2) is 218 Å². The smallest absolute Gasteiger partial charge is 0.0886 e. The fourth-order valence-corrected chi connectivity index (χ4v) is 6.31. The maximum absolute atomic E-state index is 4.18. The zero-order valence-electron chi connectivity index (χ0n) is 37.4. The summed E-state index contributed by atoms with van der Waals surface area (Å²) < 4.78 is 0. The standard InChI is InChI=1S/3C9H7N.C8H6N2.C6H6.C5H11N.C4H9N.C3H3NS.C3H6/c2*1-2-6-9-8(4-1)5-3-7-10-9;1-2-4-9-7-10-6-5-8(9)3-1;1-2-4-8-7(3-1)9-5-6-10-8;2*1-2-4-6-5-3-1;1-2-4-5-3-1;1-2-5-3-4-1;1-2-3-1/h3*1-7H;1-6H;1-6H;6H,1-5H2;5H,1-4H2;1-3H;1-3H2. The molecule has 1 aliphatic carbocycles. The van der Waals surface area contributed by atoms with Crippen LogP contribution in [0.2, 0.25) is 0 Å². The van der Waals surface area contributed by atoms with Gasteiger partial charge in [0.1, 0.15) is 0 Å². The molecule has 0 bridgehead atoms. The Morgan fingerprint density at radius 1 is 0.308 bits per heavy atom. The Balaban J connectivity index is 0.000000140. The highest BCUT2D eigenvalue weighted by atomic mass is 32.1. The number of thiazole rings is 1. The van der Waals surface area contributed by atoms with Crippen molar-refractivity contribution in [3.63, 3.8) is 0 Å². The van der Waals surface area contributed by atoms with E-state index in [4.69, 9.17) is 0 Å². The molecule has 65 heavy (non-hydrogen) atoms. The number of hydrogen-bond acceptors (Lipinski definition) is 9. The molecule has 0 spiro atoms. The molecule has 7 heterocycles. The molecular weight excluding hydrogens is 817 g/mol. The zero-order chi connectivity index (χ0) is 44.9. The summed E-state index contributed by atoms with van der Waals surface area (Å²) in [5.74, 6) is 0. The lowest BCUT2D eigenvalue weighted by atomic mass is 10.2. The summed E-state index contributed by atoms with van der Waals surface area (Å²) in [5, 5.41) is 13.3. The van der Waals surface area contributed by atoms with Crippen molar-refractivity contribution in [1.82, 2.24) is 40.5 Å². The van der Waals surface area contributed by atoms with Gasteiger partial charge in [-0.2, -0.15) is 0 Å². The molecule has 3 fully saturated rings. The lowest BCUT2D eigenvalue weighted by Crippen LogP contribution is -2.21. The molecule has 2 saturated heterocycles. The van der Waals surface area contributed by atoms with Crippen molar-refractivity contribution >= 4 is 54.9 Å². The van der Waals surface area contributed by atoms with Crippen LogP contribution in [0.3, 0.4) is 0 Å². The van der Waals surface area contributed by atoms with E-state index in [-0.39, 0.29) is 0 Å². The molecule has 5 aromatic heterocycles. The second kappa shape index (κ2) is 32.8. The normalized spacial score (nSPS) is 12.7. The average Bonchev–Trinajstić information content (AvgIpc) is 3.86. The summed E-state index contributed by atoms with van der Waals surface area (Å²) >= 11 is 1.60. The largest absolute Gasteiger partial charge is 0.317 e. The first kappa shape index (κ1) is 49.2. The maximum Gasteiger partial charge on any atom is 0.0886 e. The van der Waals surface area contributed by atoms with Crippen LogP contribution < -0.4 is 10.6 Å². The summed E-state index contributed by atoms with van der Waals surface area (Å²) in [4.78, 5) is 24.4. The second-order valence-corrected chi connectivity index (χ2v) is 15.6. The van der Waals surface area contributed by atoms with E-state index < -0.39 is 0 Å². The van der Waals surface area contributed by atoms with Gasteiger partial charge in [-0.15, -0.1) is 11.3 Å². The van der Waals surface area contributed by atoms with Crippen LogP contribution in [0.1, 0.15) is 51.4 Å². The number of nitrogens with zero attached hydrogens (tertiary/aromatic N) is 6. The predicted octanol–water partition coefficient (Wildman–Crippen LogP) is 13.5. The van der Waals surface area contributed by atoms with Crippen molar-refractivity contribution in [2.45, 2.75) is 51.4 Å². The molecule has 9 heteroatoms. The Hall–Kier alpha value is -6.78. The second-order valence-electron chi connectivity index (χ2n) is 14.8. The van der Waals surface area contributed by atoms with Gasteiger partial charge in [0.05, 0.1) is 27.6 Å². The Labute approximate surface area is 389 Å². The van der Waals surface area contributed by atoms with Crippen molar-refractivity contribution in [3.05, 3.63) is 218 Å². The number of piperidine rings is 1. The van der Waals surface area contributed by atoms with Gasteiger partial charge in [-0.25, -0.2) is 0 Å². The van der Waals surface area contributed by atoms with E-state index in [1.54, 1.807) is 35.4 Å². The summed E-state index contributed by atoms with van der Waals surface area (Å²) in [6.07, 6.45) is 23.9. The van der Waals surface area contributed by atoms with Crippen molar-refractivity contribution in [2.75, 3.05) is 26.2 Å². The van der Waals surface area contributed by atoms with Gasteiger partial charge in [0.2, 0.25) is 0 Å². The first-order valence-corrected chi connectivity index (χ1v) is 23.6. The first-order valence-electron chi connectivity index (χ1n) is 22.6. The zero-order valence-corrected chi connectivity index (χ0v) is 38.2. The number of hydrogen-bond donors (Lipinski definition) is 2. The number of para-hydroxylation sites is 4. The van der Waals surface area contributed by atoms with Crippen molar-refractivity contribution in [1.29, 1.82) is 0 Å². The van der Waals surface area contributed by atoms with Gasteiger partial charge in [0.25, 0.3) is 0 Å². The van der Waals surface area contributed by atoms with Gasteiger partial charge in [-0.05, 0) is 105 Å². The number of fused-ring (bicyclic) bond motifs is 4. The minimum absolute atomic E-state index is 0.949. The molecule has 2 N–H and O–H groups in total. The molecule has 8 nitrogen and oxygen atoms in total. The first-order chi connectivity index (χ1) is 32.4. The van der Waals surface area contributed by atoms with Crippen LogP contribution >= 0.6 is 11.3 Å². The fourth-order valence-electron chi connectivity index (χ4n) is 5.96. The Morgan fingerprint density at radius 3 is 1.08 bits per heavy atom. The molecule has 1 saturated carbocycles. The van der Waals surface area contributed by atoms with Crippen LogP contribution in [0.25, 0.3) is 43.6 Å². The Bertz CT molecular complexity index is 2040. The van der Waals surface area contributed by atoms with E-state index in [0.29, 0.717) is 0 Å². The third-order valence-corrected chi connectivity index (χ3v) is 10.0. The predicted molar refractivity (Wildman–Crippen MR) is 276 cm³/mol. The number of nitrogens with one attached hydrogen (secondary N) is 2. The van der Waals surface area contributed by atoms with Gasteiger partial charge in [-0.1, -0.05) is 147 Å². The quantitative estimate of drug-likeness (QED) is 0.155. The number of benzene rings is 5. The molecule has 0 atom stereocenters. The number of rotatable bonds is 0. The van der Waals surface area contributed by atoms with E-state index in [1.807, 2.05) is 158 Å². The van der Waals surface area contributed by atoms with Crippen molar-refractivity contribution in [2.24, 2.45) is 0 Å². The summed E-state index contributed by atoms with van der Waals surface area (Å²) in [5.41, 5.74) is 5.81. The van der Waals surface area contributed by atoms with E-state index in [9.17, 15) is 0 Å². The molecule has 13 rings (SSSR count). The monoisotopic (exact) mass is 878 g/mol. The topological polar surface area (TPSA) is 101 Å². The van der Waals surface area contributed by atoms with Gasteiger partial charge in [-0.3, -0.25) is 29.9 Å². The molecule has 2 aliphatic heterocycles. The van der Waals surface area contributed by atoms with Crippen LogP contribution in [0.4, 0.5) is 0 Å². The van der Waals surface area contributed by atoms with Gasteiger partial charge in [0.15, 0.2) is 0 Å². The lowest BCUT2D eigenvalue weighted by Gasteiger charge is -2.08. The molecule has 0 unspecified atom stereocenters. The van der Waals surface area contributed by atoms with Crippen molar-refractivity contribution in [3.8, 4) is 0 Å². The summed E-state index contributed by atoms with van der Waals surface area (Å²) in [6.45, 7) is 5.00. The van der Waals surface area contributed by atoms with Crippen LogP contribution in [0.5, 0.6) is 0 Å². The minimum atomic E-state index is 0.949. The van der Waals surface area contributed by atoms with Gasteiger partial charge < -0.3 is 10.6 Å². The molecule has 0 radical (unpaired) electrons. The third-order valence-electron chi connectivity index (χ3n) is 9.48. The molecule has 10 aromatic rings. The SMILES string of the molecule is C1CC1.C1CCNC1.C1CCNCC1.c1ccc2cnccc2c1.c1ccc2ncccc2c1.c1ccc2ncccc2c1.c1ccc2nccnc2c1.c1ccccc1.c1cscn1. The summed E-state index contributed by atoms with van der Waals surface area (Å²) in [7, 11) is 0. The molecule has 0 amide bonds. The highest BCUT2D eigenvalue weighted by Gasteiger charge is 1.96. The third kappa shape index (κ3) is 22.4. The van der Waals surface area contributed by atoms with Crippen LogP contribution in [0, 0.1) is 0 Å². The van der Waals surface area contributed by atoms with E-state index in [2.05, 4.69) is 76.9 Å². The van der Waals surface area contributed by atoms with E-state index in [1.165, 1.54) is 99.1 Å². The lowest BCUT2D eigenvalue weighted by molar-refractivity contribution is 0.520. The number of aromatic nitrogens is 6. The average molecular weight is 879 g/mol. The van der Waals surface area contributed by atoms with Gasteiger partial charge in [0, 0.05) is 59.5 Å². The highest BCUT2D eigenvalue weighted by Crippen LogP contribution is 2.15. The Kier molecular flexibility index (Phi) is 24.9. The van der Waals surface area contributed by atoms with Crippen LogP contribution in [-0.4, -0.2) is 56.1 Å². The number of pyridine rings is 3. The molecule has 332 valence electrons. The van der Waals surface area contributed by atoms with Crippen LogP contribution in [-0.2, 0) is 0 Å². The van der Waals surface area contributed by atoms with Crippen molar-refractivity contribution < 1.29 is 0 Å². The van der Waals surface area contributed by atoms with E-state index in [0.717, 1.165) is 22.1 Å². The fraction of sp³-hybridized carbons (Fsp3) is 0.214. The maximum atomic E-state index is 4.18. The molecular formula is C56H62N8S.